The van der Waals surface area contributed by atoms with E-state index in [1.54, 1.807) is 18.3 Å². The van der Waals surface area contributed by atoms with E-state index in [4.69, 9.17) is 5.73 Å². The van der Waals surface area contributed by atoms with Crippen LogP contribution >= 0.6 is 11.8 Å². The molecule has 3 atom stereocenters. The maximum Gasteiger partial charge on any atom is 0.326 e. The van der Waals surface area contributed by atoms with Gasteiger partial charge in [-0.05, 0) is 36.1 Å². The Kier molecular flexibility index (Phi) is 9.35. The number of aliphatic carboxylic acids is 1. The number of nitrogens with one attached hydrogen (secondary N) is 3. The summed E-state index contributed by atoms with van der Waals surface area (Å²) in [4.78, 5) is 43.7. The molecule has 0 saturated carbocycles. The Morgan fingerprint density at radius 1 is 1.13 bits per heavy atom. The molecular weight excluding hydrogens is 422 g/mol. The SMILES string of the molecule is CSCC[C@H](NC(=O)[C@H](Cc1ccc(O)cc1)NC(=O)[C@@H](N)Cc1cnc[nH]1)C(=O)O. The van der Waals surface area contributed by atoms with Crippen molar-refractivity contribution in [3.8, 4) is 5.75 Å². The molecule has 1 aromatic heterocycles. The van der Waals surface area contributed by atoms with Gasteiger partial charge in [0.15, 0.2) is 0 Å². The number of phenolic OH excluding ortho intramolecular Hbond substituents is 1. The Morgan fingerprint density at radius 2 is 1.81 bits per heavy atom. The molecule has 31 heavy (non-hydrogen) atoms. The molecule has 0 spiro atoms. The van der Waals surface area contributed by atoms with Crippen molar-refractivity contribution < 1.29 is 24.6 Å². The van der Waals surface area contributed by atoms with E-state index in [1.165, 1.54) is 30.2 Å². The van der Waals surface area contributed by atoms with Crippen molar-refractivity contribution in [1.29, 1.82) is 0 Å². The first-order chi connectivity index (χ1) is 14.8. The molecule has 0 radical (unpaired) electrons. The van der Waals surface area contributed by atoms with Gasteiger partial charge in [-0.25, -0.2) is 9.78 Å². The Balaban J connectivity index is 2.12. The number of nitrogens with zero attached hydrogens (tertiary/aromatic N) is 1. The second-order valence-electron chi connectivity index (χ2n) is 7.00. The highest BCUT2D eigenvalue weighted by Crippen LogP contribution is 2.12. The number of aromatic amines is 1. The zero-order valence-electron chi connectivity index (χ0n) is 17.1. The molecule has 0 aliphatic carbocycles. The molecule has 7 N–H and O–H groups in total. The molecular formula is C20H27N5O5S. The van der Waals surface area contributed by atoms with E-state index in [0.717, 1.165) is 0 Å². The summed E-state index contributed by atoms with van der Waals surface area (Å²) < 4.78 is 0. The zero-order valence-corrected chi connectivity index (χ0v) is 17.9. The highest BCUT2D eigenvalue weighted by molar-refractivity contribution is 7.98. The number of hydrogen-bond acceptors (Lipinski definition) is 7. The number of carboxylic acid groups (broad SMARTS) is 1. The van der Waals surface area contributed by atoms with Crippen LogP contribution in [0.2, 0.25) is 0 Å². The van der Waals surface area contributed by atoms with Crippen molar-refractivity contribution in [2.24, 2.45) is 5.73 Å². The highest BCUT2D eigenvalue weighted by atomic mass is 32.2. The minimum atomic E-state index is -1.15. The van der Waals surface area contributed by atoms with Gasteiger partial charge in [0.05, 0.1) is 12.4 Å². The first kappa shape index (κ1) is 24.2. The second kappa shape index (κ2) is 12.0. The van der Waals surface area contributed by atoms with E-state index < -0.39 is 35.9 Å². The second-order valence-corrected chi connectivity index (χ2v) is 7.99. The number of rotatable bonds is 12. The van der Waals surface area contributed by atoms with Crippen LogP contribution in [0.4, 0.5) is 0 Å². The first-order valence-corrected chi connectivity index (χ1v) is 11.0. The summed E-state index contributed by atoms with van der Waals surface area (Å²) in [5.74, 6) is -1.69. The molecule has 1 heterocycles. The number of carbonyl (C=O) groups excluding carboxylic acids is 2. The van der Waals surface area contributed by atoms with E-state index in [-0.39, 0.29) is 25.0 Å². The lowest BCUT2D eigenvalue weighted by Crippen LogP contribution is -2.55. The third-order valence-electron chi connectivity index (χ3n) is 4.57. The number of imidazole rings is 1. The normalized spacial score (nSPS) is 13.7. The van der Waals surface area contributed by atoms with Gasteiger partial charge < -0.3 is 31.6 Å². The van der Waals surface area contributed by atoms with Crippen molar-refractivity contribution in [2.75, 3.05) is 12.0 Å². The average Bonchev–Trinajstić information content (AvgIpc) is 3.24. The molecule has 0 saturated heterocycles. The lowest BCUT2D eigenvalue weighted by molar-refractivity contribution is -0.142. The topological polar surface area (TPSA) is 170 Å². The molecule has 2 aromatic rings. The Hall–Kier alpha value is -3.05. The molecule has 1 aromatic carbocycles. The van der Waals surface area contributed by atoms with E-state index >= 15 is 0 Å². The van der Waals surface area contributed by atoms with Gasteiger partial charge in [0.25, 0.3) is 0 Å². The van der Waals surface area contributed by atoms with Crippen molar-refractivity contribution in [3.63, 3.8) is 0 Å². The maximum absolute atomic E-state index is 12.9. The number of aromatic nitrogens is 2. The fourth-order valence-corrected chi connectivity index (χ4v) is 3.32. The van der Waals surface area contributed by atoms with Crippen LogP contribution in [0.15, 0.2) is 36.8 Å². The van der Waals surface area contributed by atoms with Gasteiger partial charge in [0.1, 0.15) is 17.8 Å². The van der Waals surface area contributed by atoms with E-state index in [0.29, 0.717) is 17.0 Å². The lowest BCUT2D eigenvalue weighted by Gasteiger charge is -2.23. The fourth-order valence-electron chi connectivity index (χ4n) is 2.85. The zero-order chi connectivity index (χ0) is 22.8. The molecule has 0 bridgehead atoms. The van der Waals surface area contributed by atoms with Crippen LogP contribution in [0.25, 0.3) is 0 Å². The molecule has 0 fully saturated rings. The minimum absolute atomic E-state index is 0.0679. The first-order valence-electron chi connectivity index (χ1n) is 9.63. The largest absolute Gasteiger partial charge is 0.508 e. The Bertz CT molecular complexity index is 859. The number of carboxylic acids is 1. The molecule has 2 rings (SSSR count). The quantitative estimate of drug-likeness (QED) is 0.264. The van der Waals surface area contributed by atoms with Gasteiger partial charge in [0, 0.05) is 24.7 Å². The standard InChI is InChI=1S/C20H27N5O5S/c1-31-7-6-16(20(29)30)24-19(28)17(8-12-2-4-14(26)5-3-12)25-18(27)15(21)9-13-10-22-11-23-13/h2-5,10-11,15-17,26H,6-9,21H2,1H3,(H,22,23)(H,24,28)(H,25,27)(H,29,30)/t15-,16-,17-/m0/s1. The molecule has 2 amide bonds. The Morgan fingerprint density at radius 3 is 2.39 bits per heavy atom. The van der Waals surface area contributed by atoms with E-state index in [2.05, 4.69) is 20.6 Å². The smallest absolute Gasteiger partial charge is 0.326 e. The number of nitrogens with two attached hydrogens (primary N) is 1. The van der Waals surface area contributed by atoms with Crippen LogP contribution in [0.3, 0.4) is 0 Å². The number of benzene rings is 1. The molecule has 0 aliphatic heterocycles. The Labute approximate surface area is 184 Å². The van der Waals surface area contributed by atoms with E-state index in [9.17, 15) is 24.6 Å². The number of thioether (sulfide) groups is 1. The van der Waals surface area contributed by atoms with Gasteiger partial charge in [-0.15, -0.1) is 0 Å². The maximum atomic E-state index is 12.9. The van der Waals surface area contributed by atoms with E-state index in [1.807, 2.05) is 6.26 Å². The van der Waals surface area contributed by atoms with Crippen LogP contribution in [0.5, 0.6) is 5.75 Å². The molecule has 11 heteroatoms. The van der Waals surface area contributed by atoms with Crippen LogP contribution < -0.4 is 16.4 Å². The monoisotopic (exact) mass is 449 g/mol. The van der Waals surface area contributed by atoms with Crippen molar-refractivity contribution in [2.45, 2.75) is 37.4 Å². The summed E-state index contributed by atoms with van der Waals surface area (Å²) in [7, 11) is 0. The summed E-state index contributed by atoms with van der Waals surface area (Å²) in [6, 6.07) is 3.13. The van der Waals surface area contributed by atoms with Crippen molar-refractivity contribution in [3.05, 3.63) is 48.0 Å². The molecule has 0 aliphatic rings. The summed E-state index contributed by atoms with van der Waals surface area (Å²) in [6.07, 6.45) is 5.42. The minimum Gasteiger partial charge on any atom is -0.508 e. The third kappa shape index (κ3) is 7.95. The van der Waals surface area contributed by atoms with Gasteiger partial charge in [-0.2, -0.15) is 11.8 Å². The summed E-state index contributed by atoms with van der Waals surface area (Å²) in [5, 5.41) is 24.0. The van der Waals surface area contributed by atoms with Gasteiger partial charge in [-0.3, -0.25) is 9.59 Å². The fraction of sp³-hybridized carbons (Fsp3) is 0.400. The molecule has 168 valence electrons. The summed E-state index contributed by atoms with van der Waals surface area (Å²) >= 11 is 1.47. The van der Waals surface area contributed by atoms with Crippen LogP contribution in [-0.4, -0.2) is 68.1 Å². The molecule has 10 nitrogen and oxygen atoms in total. The third-order valence-corrected chi connectivity index (χ3v) is 5.21. The average molecular weight is 450 g/mol. The van der Waals surface area contributed by atoms with Crippen LogP contribution in [-0.2, 0) is 27.2 Å². The molecule has 0 unspecified atom stereocenters. The number of carbonyl (C=O) groups is 3. The summed E-state index contributed by atoms with van der Waals surface area (Å²) in [6.45, 7) is 0. The van der Waals surface area contributed by atoms with Gasteiger partial charge in [-0.1, -0.05) is 12.1 Å². The number of hydrogen-bond donors (Lipinski definition) is 6. The number of phenols is 1. The van der Waals surface area contributed by atoms with Gasteiger partial charge in [0.2, 0.25) is 11.8 Å². The predicted octanol–water partition coefficient (Wildman–Crippen LogP) is 0.0351. The number of aromatic hydroxyl groups is 1. The van der Waals surface area contributed by atoms with Crippen molar-refractivity contribution >= 4 is 29.5 Å². The predicted molar refractivity (Wildman–Crippen MR) is 117 cm³/mol. The summed E-state index contributed by atoms with van der Waals surface area (Å²) in [5.41, 5.74) is 7.31. The lowest BCUT2D eigenvalue weighted by atomic mass is 10.0. The van der Waals surface area contributed by atoms with Gasteiger partial charge >= 0.3 is 5.97 Å². The van der Waals surface area contributed by atoms with Crippen molar-refractivity contribution in [1.82, 2.24) is 20.6 Å². The number of amides is 2. The number of H-pyrrole nitrogens is 1. The van der Waals surface area contributed by atoms with Crippen LogP contribution in [0, 0.1) is 0 Å². The van der Waals surface area contributed by atoms with Crippen LogP contribution in [0.1, 0.15) is 17.7 Å². The highest BCUT2D eigenvalue weighted by Gasteiger charge is 2.28.